The fourth-order valence-corrected chi connectivity index (χ4v) is 0. The number of quaternary nitrogens is 1. The normalized spacial score (nSPS) is 3.43. The van der Waals surface area contributed by atoms with E-state index in [0.29, 0.717) is 0 Å². The van der Waals surface area contributed by atoms with Gasteiger partial charge in [-0.2, -0.15) is 0 Å². The molecule has 0 amide bonds. The molecule has 0 atom stereocenters. The Bertz CT molecular complexity index is 32.7. The molecular formula is H5DyN2O4. The van der Waals surface area contributed by atoms with Crippen LogP contribution in [0.2, 0.25) is 0 Å². The van der Waals surface area contributed by atoms with Gasteiger partial charge in [0.15, 0.2) is 0 Å². The van der Waals surface area contributed by atoms with Gasteiger partial charge < -0.3 is 26.9 Å². The molecule has 0 aliphatic rings. The smallest absolute Gasteiger partial charge is 0.870 e. The van der Waals surface area contributed by atoms with Crippen molar-refractivity contribution in [1.82, 2.24) is 6.15 Å². The summed E-state index contributed by atoms with van der Waals surface area (Å²) in [4.78, 5) is 8.25. The largest absolute Gasteiger partial charge is 1.00 e. The molecule has 0 aliphatic heterocycles. The van der Waals surface area contributed by atoms with E-state index in [2.05, 4.69) is 0 Å². The van der Waals surface area contributed by atoms with Gasteiger partial charge in [-0.1, -0.05) is 0 Å². The molecule has 0 saturated carbocycles. The molecule has 5 N–H and O–H groups in total. The molecule has 0 aromatic heterocycles. The summed E-state index contributed by atoms with van der Waals surface area (Å²) < 4.78 is 0. The van der Waals surface area contributed by atoms with Crippen LogP contribution in [0, 0.1) is 53.5 Å². The van der Waals surface area contributed by atoms with Gasteiger partial charge in [-0.15, -0.1) is 0 Å². The summed E-state index contributed by atoms with van der Waals surface area (Å²) in [5.74, 6) is 0. The first-order valence-corrected chi connectivity index (χ1v) is 0.548. The maximum absolute atomic E-state index is 8.25. The SMILES string of the molecule is O=[N+]([O-])[O-].[Dy+].[NH4+].[OH-]. The van der Waals surface area contributed by atoms with Gasteiger partial charge in [0.2, 0.25) is 0 Å². The summed E-state index contributed by atoms with van der Waals surface area (Å²) in [6.07, 6.45) is 0. The van der Waals surface area contributed by atoms with Crippen molar-refractivity contribution in [3.05, 3.63) is 15.3 Å². The fourth-order valence-electron chi connectivity index (χ4n) is 0. The molecule has 0 aromatic rings. The molecule has 0 fully saturated rings. The van der Waals surface area contributed by atoms with Crippen LogP contribution >= 0.6 is 0 Å². The molecule has 0 bridgehead atoms. The van der Waals surface area contributed by atoms with Gasteiger partial charge in [0.1, 0.15) is 0 Å². The zero-order chi connectivity index (χ0) is 3.58. The second-order valence-corrected chi connectivity index (χ2v) is 0.224. The zero-order valence-corrected chi connectivity index (χ0v) is 5.46. The monoisotopic (exact) mass is 261 g/mol. The molecule has 49 valence electrons. The first-order chi connectivity index (χ1) is 1.73. The molecule has 0 saturated heterocycles. The number of nitrogens with zero attached hydrogens (tertiary/aromatic N) is 1. The van der Waals surface area contributed by atoms with Crippen LogP contribution in [0.5, 0.6) is 0 Å². The molecule has 6 nitrogen and oxygen atoms in total. The predicted octanol–water partition coefficient (Wildman–Crippen LogP) is -0.0397. The van der Waals surface area contributed by atoms with Crippen molar-refractivity contribution in [2.75, 3.05) is 0 Å². The minimum atomic E-state index is -1.75. The van der Waals surface area contributed by atoms with Gasteiger partial charge in [0.25, 0.3) is 0 Å². The average molecular weight is 260 g/mol. The summed E-state index contributed by atoms with van der Waals surface area (Å²) in [6, 6.07) is 0. The van der Waals surface area contributed by atoms with Gasteiger partial charge >= 0.3 is 38.2 Å². The first kappa shape index (κ1) is 26.2. The van der Waals surface area contributed by atoms with E-state index in [-0.39, 0.29) is 49.8 Å². The summed E-state index contributed by atoms with van der Waals surface area (Å²) in [5, 5.41) is 14.8. The summed E-state index contributed by atoms with van der Waals surface area (Å²) in [6.45, 7) is 0. The van der Waals surface area contributed by atoms with Gasteiger partial charge in [-0.05, 0) is 0 Å². The van der Waals surface area contributed by atoms with Crippen LogP contribution in [0.15, 0.2) is 0 Å². The second-order valence-electron chi connectivity index (χ2n) is 0.224. The van der Waals surface area contributed by atoms with Crippen LogP contribution < -0.4 is 6.15 Å². The Balaban J connectivity index is -0.0000000150. The Kier molecular flexibility index (Phi) is 60.6. The fraction of sp³-hybridized carbons (Fsp3) is 0. The Morgan fingerprint density at radius 2 is 1.29 bits per heavy atom. The third-order valence-electron chi connectivity index (χ3n) is 0. The molecule has 7 heteroatoms. The Hall–Kier alpha value is 0.393. The number of rotatable bonds is 0. The minimum Gasteiger partial charge on any atom is -0.870 e. The summed E-state index contributed by atoms with van der Waals surface area (Å²) in [5.41, 5.74) is 0. The molecule has 0 aliphatic carbocycles. The van der Waals surface area contributed by atoms with Crippen molar-refractivity contribution in [2.45, 2.75) is 0 Å². The van der Waals surface area contributed by atoms with Crippen molar-refractivity contribution in [2.24, 2.45) is 0 Å². The van der Waals surface area contributed by atoms with Crippen molar-refractivity contribution in [3.63, 3.8) is 0 Å². The average Bonchev–Trinajstić information content (AvgIpc) is 0.811. The quantitative estimate of drug-likeness (QED) is 0.482. The summed E-state index contributed by atoms with van der Waals surface area (Å²) in [7, 11) is 0. The second kappa shape index (κ2) is 16.2. The van der Waals surface area contributed by atoms with Crippen LogP contribution in [0.1, 0.15) is 0 Å². The molecule has 1 radical (unpaired) electrons. The molecule has 0 heterocycles. The first-order valence-electron chi connectivity index (χ1n) is 0.548. The Morgan fingerprint density at radius 1 is 1.29 bits per heavy atom. The maximum Gasteiger partial charge on any atom is 1.00 e. The van der Waals surface area contributed by atoms with Gasteiger partial charge in [0, 0.05) is 0 Å². The van der Waals surface area contributed by atoms with Gasteiger partial charge in [-0.3, -0.25) is 0 Å². The number of hydrogen-bond donors (Lipinski definition) is 1. The van der Waals surface area contributed by atoms with E-state index in [4.69, 9.17) is 15.3 Å². The molecular weight excluding hydrogens is 255 g/mol. The molecule has 7 heavy (non-hydrogen) atoms. The van der Waals surface area contributed by atoms with Crippen LogP contribution in [-0.2, 0) is 0 Å². The molecule has 0 rings (SSSR count). The van der Waals surface area contributed by atoms with E-state index in [0.717, 1.165) is 0 Å². The summed E-state index contributed by atoms with van der Waals surface area (Å²) >= 11 is 0. The minimum absolute atomic E-state index is 0. The van der Waals surface area contributed by atoms with Crippen LogP contribution in [0.4, 0.5) is 0 Å². The molecule has 0 spiro atoms. The van der Waals surface area contributed by atoms with Crippen molar-refractivity contribution < 1.29 is 48.7 Å². The van der Waals surface area contributed by atoms with E-state index < -0.39 is 5.09 Å². The zero-order valence-electron chi connectivity index (χ0n) is 3.44. The van der Waals surface area contributed by atoms with Crippen LogP contribution in [0.3, 0.4) is 0 Å². The maximum atomic E-state index is 8.25. The number of hydrogen-bond acceptors (Lipinski definition) is 4. The van der Waals surface area contributed by atoms with E-state index in [1.165, 1.54) is 0 Å². The van der Waals surface area contributed by atoms with E-state index in [9.17, 15) is 0 Å². The van der Waals surface area contributed by atoms with Crippen molar-refractivity contribution in [1.29, 1.82) is 0 Å². The third-order valence-corrected chi connectivity index (χ3v) is 0. The Labute approximate surface area is 69.9 Å². The van der Waals surface area contributed by atoms with E-state index >= 15 is 0 Å². The molecule has 0 unspecified atom stereocenters. The van der Waals surface area contributed by atoms with Gasteiger partial charge in [-0.25, -0.2) is 0 Å². The van der Waals surface area contributed by atoms with Crippen LogP contribution in [-0.4, -0.2) is 10.6 Å². The van der Waals surface area contributed by atoms with E-state index in [1.807, 2.05) is 0 Å². The van der Waals surface area contributed by atoms with Crippen molar-refractivity contribution >= 4 is 0 Å². The standard InChI is InChI=1S/Dy.NO3.H3N.H2O/c;2-1(3)4;;/h;;1H3;1H2/q+1;-1;;. The topological polar surface area (TPSA) is 133 Å². The van der Waals surface area contributed by atoms with Gasteiger partial charge in [0.05, 0.1) is 5.09 Å². The molecule has 0 aromatic carbocycles. The predicted molar refractivity (Wildman–Crippen MR) is 18.3 cm³/mol. The van der Waals surface area contributed by atoms with Crippen LogP contribution in [0.25, 0.3) is 0 Å². The third kappa shape index (κ3) is 800. The Morgan fingerprint density at radius 3 is 1.29 bits per heavy atom. The van der Waals surface area contributed by atoms with Crippen molar-refractivity contribution in [3.8, 4) is 0 Å². The van der Waals surface area contributed by atoms with E-state index in [1.54, 1.807) is 0 Å².